The van der Waals surface area contributed by atoms with Crippen LogP contribution < -0.4 is 5.32 Å². The van der Waals surface area contributed by atoms with Crippen molar-refractivity contribution >= 4 is 17.1 Å². The molecule has 1 aromatic heterocycles. The molecule has 0 aromatic carbocycles. The van der Waals surface area contributed by atoms with Crippen LogP contribution in [0.1, 0.15) is 68.7 Å². The SMILES string of the molecule is C=C/C=C\c1c(C)c(C2CCOCC2)cn1S(=O)C1=C/C(C)OC(NC/C(C=C)=C/C(F)=C\CCC)C/C=C\1. The molecule has 3 rings (SSSR count). The van der Waals surface area contributed by atoms with Gasteiger partial charge in [-0.2, -0.15) is 0 Å². The summed E-state index contributed by atoms with van der Waals surface area (Å²) in [6, 6.07) is 0. The Balaban J connectivity index is 1.75. The van der Waals surface area contributed by atoms with Gasteiger partial charge in [0.05, 0.1) is 16.7 Å². The van der Waals surface area contributed by atoms with Crippen LogP contribution in [-0.2, 0) is 20.5 Å². The van der Waals surface area contributed by atoms with Crippen molar-refractivity contribution in [3.63, 3.8) is 0 Å². The first-order chi connectivity index (χ1) is 18.9. The molecule has 1 fully saturated rings. The van der Waals surface area contributed by atoms with E-state index in [0.717, 1.165) is 49.3 Å². The predicted octanol–water partition coefficient (Wildman–Crippen LogP) is 7.33. The molecule has 39 heavy (non-hydrogen) atoms. The zero-order valence-corrected chi connectivity index (χ0v) is 24.4. The van der Waals surface area contributed by atoms with E-state index in [4.69, 9.17) is 9.47 Å². The molecule has 2 aliphatic rings. The number of hydrogen-bond acceptors (Lipinski definition) is 4. The zero-order valence-electron chi connectivity index (χ0n) is 23.5. The molecule has 0 spiro atoms. The van der Waals surface area contributed by atoms with E-state index in [9.17, 15) is 8.60 Å². The van der Waals surface area contributed by atoms with E-state index in [1.165, 1.54) is 11.6 Å². The fourth-order valence-corrected chi connectivity index (χ4v) is 6.10. The average Bonchev–Trinajstić information content (AvgIpc) is 3.26. The minimum atomic E-state index is -1.45. The van der Waals surface area contributed by atoms with Crippen LogP contribution in [0, 0.1) is 6.92 Å². The van der Waals surface area contributed by atoms with E-state index in [2.05, 4.69) is 25.4 Å². The molecule has 3 atom stereocenters. The van der Waals surface area contributed by atoms with Gasteiger partial charge >= 0.3 is 0 Å². The zero-order chi connectivity index (χ0) is 28.2. The van der Waals surface area contributed by atoms with Gasteiger partial charge in [-0.1, -0.05) is 50.8 Å². The van der Waals surface area contributed by atoms with Crippen molar-refractivity contribution in [2.75, 3.05) is 19.8 Å². The molecule has 212 valence electrons. The van der Waals surface area contributed by atoms with Crippen molar-refractivity contribution in [1.82, 2.24) is 9.29 Å². The molecule has 2 aliphatic heterocycles. The second-order valence-electron chi connectivity index (χ2n) is 9.87. The molecule has 0 bridgehead atoms. The first-order valence-corrected chi connectivity index (χ1v) is 14.9. The fourth-order valence-electron chi connectivity index (χ4n) is 4.76. The summed E-state index contributed by atoms with van der Waals surface area (Å²) in [6.45, 7) is 15.6. The molecule has 1 N–H and O–H groups in total. The topological polar surface area (TPSA) is 52.5 Å². The summed E-state index contributed by atoms with van der Waals surface area (Å²) < 4.78 is 41.6. The van der Waals surface area contributed by atoms with Gasteiger partial charge in [0.2, 0.25) is 0 Å². The maximum Gasteiger partial charge on any atom is 0.156 e. The lowest BCUT2D eigenvalue weighted by molar-refractivity contribution is 0.00484. The van der Waals surface area contributed by atoms with Gasteiger partial charge < -0.3 is 9.47 Å². The molecular weight excluding hydrogens is 511 g/mol. The Morgan fingerprint density at radius 2 is 2.08 bits per heavy atom. The quantitative estimate of drug-likeness (QED) is 0.275. The van der Waals surface area contributed by atoms with Crippen LogP contribution >= 0.6 is 0 Å². The van der Waals surface area contributed by atoms with E-state index in [1.54, 1.807) is 18.2 Å². The summed E-state index contributed by atoms with van der Waals surface area (Å²) in [5.41, 5.74) is 4.04. The number of unbranched alkanes of at least 4 members (excludes halogenated alkanes) is 1. The Morgan fingerprint density at radius 1 is 1.31 bits per heavy atom. The van der Waals surface area contributed by atoms with Crippen molar-refractivity contribution in [1.29, 1.82) is 0 Å². The highest BCUT2D eigenvalue weighted by molar-refractivity contribution is 7.87. The normalized spacial score (nSPS) is 24.6. The molecule has 0 saturated carbocycles. The number of allylic oxidation sites excluding steroid dienone is 6. The Hall–Kier alpha value is -2.58. The highest BCUT2D eigenvalue weighted by Crippen LogP contribution is 2.33. The summed E-state index contributed by atoms with van der Waals surface area (Å²) in [5.74, 6) is 0.145. The summed E-state index contributed by atoms with van der Waals surface area (Å²) in [6.07, 6.45) is 21.8. The van der Waals surface area contributed by atoms with Gasteiger partial charge in [0.15, 0.2) is 11.0 Å². The van der Waals surface area contributed by atoms with Gasteiger partial charge in [0.25, 0.3) is 0 Å². The highest BCUT2D eigenvalue weighted by atomic mass is 32.2. The standard InChI is InChI=1S/C32H43FN2O3S/c1-6-9-12-28(33)21-26(8-3)22-34-32-15-11-13-29(20-24(4)38-32)39(36)35-23-30(27-16-18-37-19-17-27)25(5)31(35)14-10-7-2/h7-8,10-14,20-21,23-24,27,32,34H,2-3,6,9,15-19,22H2,1,4-5H3/b13-11-,14-10-,26-21+,28-12+,29-20+. The van der Waals surface area contributed by atoms with Crippen molar-refractivity contribution in [2.24, 2.45) is 0 Å². The molecule has 1 saturated heterocycles. The number of nitrogens with zero attached hydrogens (tertiary/aromatic N) is 1. The molecule has 0 aliphatic carbocycles. The average molecular weight is 555 g/mol. The first kappa shape index (κ1) is 31.0. The van der Waals surface area contributed by atoms with Crippen LogP contribution in [0.4, 0.5) is 4.39 Å². The summed E-state index contributed by atoms with van der Waals surface area (Å²) in [7, 11) is -1.45. The Labute approximate surface area is 236 Å². The third-order valence-electron chi connectivity index (χ3n) is 6.90. The van der Waals surface area contributed by atoms with Crippen LogP contribution in [0.2, 0.25) is 0 Å². The van der Waals surface area contributed by atoms with Gasteiger partial charge in [-0.05, 0) is 86.1 Å². The number of ether oxygens (including phenoxy) is 2. The molecule has 7 heteroatoms. The van der Waals surface area contributed by atoms with E-state index in [-0.39, 0.29) is 18.2 Å². The second kappa shape index (κ2) is 15.9. The molecule has 0 amide bonds. The van der Waals surface area contributed by atoms with Crippen LogP contribution in [0.5, 0.6) is 0 Å². The third kappa shape index (κ3) is 8.97. The smallest absolute Gasteiger partial charge is 0.156 e. The minimum Gasteiger partial charge on any atom is -0.381 e. The largest absolute Gasteiger partial charge is 0.381 e. The predicted molar refractivity (Wildman–Crippen MR) is 161 cm³/mol. The van der Waals surface area contributed by atoms with Gasteiger partial charge in [0.1, 0.15) is 12.1 Å². The van der Waals surface area contributed by atoms with E-state index in [1.807, 2.05) is 54.4 Å². The van der Waals surface area contributed by atoms with E-state index >= 15 is 0 Å². The lowest BCUT2D eigenvalue weighted by Gasteiger charge is -2.23. The monoisotopic (exact) mass is 554 g/mol. The number of nitrogens with one attached hydrogen (secondary N) is 1. The minimum absolute atomic E-state index is 0.252. The number of halogens is 1. The third-order valence-corrected chi connectivity index (χ3v) is 8.23. The Bertz CT molecular complexity index is 1170. The summed E-state index contributed by atoms with van der Waals surface area (Å²) in [5, 5.41) is 3.34. The van der Waals surface area contributed by atoms with Crippen LogP contribution in [0.15, 0.2) is 84.3 Å². The van der Waals surface area contributed by atoms with E-state index in [0.29, 0.717) is 30.2 Å². The number of aromatic nitrogens is 1. The molecule has 0 radical (unpaired) electrons. The summed E-state index contributed by atoms with van der Waals surface area (Å²) >= 11 is 0. The van der Waals surface area contributed by atoms with Crippen molar-refractivity contribution in [2.45, 2.75) is 71.1 Å². The number of rotatable bonds is 12. The van der Waals surface area contributed by atoms with Gasteiger partial charge in [-0.25, -0.2) is 8.60 Å². The molecule has 5 nitrogen and oxygen atoms in total. The lowest BCUT2D eigenvalue weighted by Crippen LogP contribution is -2.35. The van der Waals surface area contributed by atoms with Gasteiger partial charge in [-0.15, -0.1) is 0 Å². The molecule has 3 heterocycles. The maximum atomic E-state index is 14.1. The molecule has 1 aromatic rings. The van der Waals surface area contributed by atoms with Crippen LogP contribution in [0.25, 0.3) is 6.08 Å². The van der Waals surface area contributed by atoms with Gasteiger partial charge in [-0.3, -0.25) is 9.29 Å². The van der Waals surface area contributed by atoms with Crippen LogP contribution in [0.3, 0.4) is 0 Å². The lowest BCUT2D eigenvalue weighted by atomic mass is 9.91. The van der Waals surface area contributed by atoms with E-state index < -0.39 is 11.0 Å². The Kier molecular flexibility index (Phi) is 12.6. The number of hydrogen-bond donors (Lipinski definition) is 1. The molecule has 3 unspecified atom stereocenters. The van der Waals surface area contributed by atoms with Crippen LogP contribution in [-0.4, -0.2) is 40.3 Å². The van der Waals surface area contributed by atoms with Gasteiger partial charge in [0, 0.05) is 32.4 Å². The fraction of sp³-hybridized carbons (Fsp3) is 0.438. The van der Waals surface area contributed by atoms with Crippen molar-refractivity contribution in [3.8, 4) is 0 Å². The maximum absolute atomic E-state index is 14.1. The first-order valence-electron chi connectivity index (χ1n) is 13.8. The Morgan fingerprint density at radius 3 is 2.77 bits per heavy atom. The van der Waals surface area contributed by atoms with Crippen molar-refractivity contribution < 1.29 is 18.1 Å². The summed E-state index contributed by atoms with van der Waals surface area (Å²) in [4.78, 5) is 0.692. The highest BCUT2D eigenvalue weighted by Gasteiger charge is 2.24. The van der Waals surface area contributed by atoms with Crippen molar-refractivity contribution in [3.05, 3.63) is 101 Å². The molecular formula is C32H43FN2O3S. The second-order valence-corrected chi connectivity index (χ2v) is 11.2.